The predicted molar refractivity (Wildman–Crippen MR) is 63.6 cm³/mol. The summed E-state index contributed by atoms with van der Waals surface area (Å²) in [6.07, 6.45) is 3.62. The minimum Gasteiger partial charge on any atom is -0.383 e. The van der Waals surface area contributed by atoms with Gasteiger partial charge in [0.05, 0.1) is 23.7 Å². The molecule has 2 aromatic rings. The molecule has 0 aliphatic carbocycles. The van der Waals surface area contributed by atoms with Crippen molar-refractivity contribution in [1.29, 1.82) is 0 Å². The predicted octanol–water partition coefficient (Wildman–Crippen LogP) is 1.07. The van der Waals surface area contributed by atoms with E-state index in [0.29, 0.717) is 12.4 Å². The summed E-state index contributed by atoms with van der Waals surface area (Å²) in [5.41, 5.74) is 7.55. The summed E-state index contributed by atoms with van der Waals surface area (Å²) in [7, 11) is 0. The van der Waals surface area contributed by atoms with Gasteiger partial charge in [-0.1, -0.05) is 0 Å². The summed E-state index contributed by atoms with van der Waals surface area (Å²) >= 11 is 0. The molecule has 0 bridgehead atoms. The van der Waals surface area contributed by atoms with Gasteiger partial charge in [-0.3, -0.25) is 0 Å². The molecule has 90 valence electrons. The molecular formula is C11H15N5O. The highest BCUT2D eigenvalue weighted by Crippen LogP contribution is 2.26. The van der Waals surface area contributed by atoms with E-state index >= 15 is 0 Å². The molecule has 2 N–H and O–H groups in total. The lowest BCUT2D eigenvalue weighted by atomic mass is 10.1. The molecule has 1 saturated heterocycles. The molecule has 6 nitrogen and oxygen atoms in total. The van der Waals surface area contributed by atoms with Crippen LogP contribution in [0.4, 0.5) is 5.82 Å². The molecule has 2 aromatic heterocycles. The molecule has 0 amide bonds. The van der Waals surface area contributed by atoms with Crippen molar-refractivity contribution in [3.63, 3.8) is 0 Å². The summed E-state index contributed by atoms with van der Waals surface area (Å²) in [4.78, 5) is 8.30. The summed E-state index contributed by atoms with van der Waals surface area (Å²) < 4.78 is 7.42. The van der Waals surface area contributed by atoms with Gasteiger partial charge in [-0.05, 0) is 19.8 Å². The zero-order valence-electron chi connectivity index (χ0n) is 9.76. The SMILES string of the molecule is Cc1nn(C2CCCOC2)c2ncnc(N)c12. The van der Waals surface area contributed by atoms with Crippen molar-refractivity contribution in [3.05, 3.63) is 12.0 Å². The second-order valence-corrected chi connectivity index (χ2v) is 4.36. The van der Waals surface area contributed by atoms with Gasteiger partial charge in [0.25, 0.3) is 0 Å². The monoisotopic (exact) mass is 233 g/mol. The molecule has 0 spiro atoms. The standard InChI is InChI=1S/C11H15N5O/c1-7-9-10(12)13-6-14-11(9)16(15-7)8-3-2-4-17-5-8/h6,8H,2-5H2,1H3,(H2,12,13,14). The van der Waals surface area contributed by atoms with E-state index in [1.807, 2.05) is 11.6 Å². The Hall–Kier alpha value is -1.69. The number of nitrogens with zero attached hydrogens (tertiary/aromatic N) is 4. The molecule has 1 aliphatic heterocycles. The number of nitrogen functional groups attached to an aromatic ring is 1. The lowest BCUT2D eigenvalue weighted by Gasteiger charge is -2.22. The van der Waals surface area contributed by atoms with E-state index in [0.717, 1.165) is 36.2 Å². The van der Waals surface area contributed by atoms with Crippen LogP contribution >= 0.6 is 0 Å². The van der Waals surface area contributed by atoms with Gasteiger partial charge >= 0.3 is 0 Å². The number of aryl methyl sites for hydroxylation is 1. The Kier molecular flexibility index (Phi) is 2.44. The van der Waals surface area contributed by atoms with Crippen LogP contribution in [0.25, 0.3) is 11.0 Å². The largest absolute Gasteiger partial charge is 0.383 e. The molecule has 0 aromatic carbocycles. The number of nitrogens with two attached hydrogens (primary N) is 1. The maximum atomic E-state index is 5.86. The van der Waals surface area contributed by atoms with Crippen molar-refractivity contribution in [2.24, 2.45) is 0 Å². The van der Waals surface area contributed by atoms with Gasteiger partial charge in [0.2, 0.25) is 0 Å². The van der Waals surface area contributed by atoms with E-state index < -0.39 is 0 Å². The highest BCUT2D eigenvalue weighted by Gasteiger charge is 2.21. The molecule has 3 rings (SSSR count). The van der Waals surface area contributed by atoms with Crippen LogP contribution in [0.1, 0.15) is 24.6 Å². The van der Waals surface area contributed by atoms with Crippen LogP contribution in [0, 0.1) is 6.92 Å². The third kappa shape index (κ3) is 1.64. The van der Waals surface area contributed by atoms with E-state index in [1.54, 1.807) is 0 Å². The number of ether oxygens (including phenoxy) is 1. The fraction of sp³-hybridized carbons (Fsp3) is 0.545. The normalized spacial score (nSPS) is 20.9. The molecule has 1 atom stereocenters. The fourth-order valence-electron chi connectivity index (χ4n) is 2.34. The number of anilines is 1. The number of rotatable bonds is 1. The molecule has 6 heteroatoms. The molecule has 0 saturated carbocycles. The number of hydrogen-bond donors (Lipinski definition) is 1. The average molecular weight is 233 g/mol. The molecule has 1 unspecified atom stereocenters. The number of aromatic nitrogens is 4. The van der Waals surface area contributed by atoms with Crippen molar-refractivity contribution in [1.82, 2.24) is 19.7 Å². The maximum absolute atomic E-state index is 5.86. The number of fused-ring (bicyclic) bond motifs is 1. The second kappa shape index (κ2) is 3.96. The van der Waals surface area contributed by atoms with E-state index in [2.05, 4.69) is 15.1 Å². The van der Waals surface area contributed by atoms with E-state index in [9.17, 15) is 0 Å². The average Bonchev–Trinajstić information content (AvgIpc) is 2.69. The third-order valence-electron chi connectivity index (χ3n) is 3.18. The molecule has 1 aliphatic rings. The third-order valence-corrected chi connectivity index (χ3v) is 3.18. The van der Waals surface area contributed by atoms with Crippen molar-refractivity contribution in [3.8, 4) is 0 Å². The van der Waals surface area contributed by atoms with Crippen molar-refractivity contribution >= 4 is 16.9 Å². The van der Waals surface area contributed by atoms with Crippen LogP contribution in [-0.2, 0) is 4.74 Å². The van der Waals surface area contributed by atoms with Crippen molar-refractivity contribution < 1.29 is 4.74 Å². The van der Waals surface area contributed by atoms with Crippen LogP contribution in [0.3, 0.4) is 0 Å². The van der Waals surface area contributed by atoms with Crippen molar-refractivity contribution in [2.45, 2.75) is 25.8 Å². The van der Waals surface area contributed by atoms with E-state index in [4.69, 9.17) is 10.5 Å². The summed E-state index contributed by atoms with van der Waals surface area (Å²) in [5, 5.41) is 5.39. The first kappa shape index (κ1) is 10.5. The van der Waals surface area contributed by atoms with Gasteiger partial charge in [-0.2, -0.15) is 5.10 Å². The Labute approximate surface area is 98.8 Å². The Morgan fingerprint density at radius 1 is 1.47 bits per heavy atom. The minimum absolute atomic E-state index is 0.259. The Morgan fingerprint density at radius 3 is 3.12 bits per heavy atom. The minimum atomic E-state index is 0.259. The van der Waals surface area contributed by atoms with E-state index in [1.165, 1.54) is 6.33 Å². The first-order valence-corrected chi connectivity index (χ1v) is 5.80. The van der Waals surface area contributed by atoms with Gasteiger partial charge in [0, 0.05) is 6.61 Å². The summed E-state index contributed by atoms with van der Waals surface area (Å²) in [5.74, 6) is 0.496. The molecule has 1 fully saturated rings. The lowest BCUT2D eigenvalue weighted by Crippen LogP contribution is -2.22. The van der Waals surface area contributed by atoms with Crippen LogP contribution in [0.5, 0.6) is 0 Å². The molecule has 3 heterocycles. The Morgan fingerprint density at radius 2 is 2.35 bits per heavy atom. The first-order valence-electron chi connectivity index (χ1n) is 5.80. The van der Waals surface area contributed by atoms with Crippen molar-refractivity contribution in [2.75, 3.05) is 18.9 Å². The van der Waals surface area contributed by atoms with Gasteiger partial charge in [-0.25, -0.2) is 14.6 Å². The van der Waals surface area contributed by atoms with Gasteiger partial charge in [0.1, 0.15) is 12.1 Å². The maximum Gasteiger partial charge on any atom is 0.163 e. The Balaban J connectivity index is 2.13. The van der Waals surface area contributed by atoms with Gasteiger partial charge in [-0.15, -0.1) is 0 Å². The van der Waals surface area contributed by atoms with E-state index in [-0.39, 0.29) is 6.04 Å². The Bertz CT molecular complexity index is 544. The highest BCUT2D eigenvalue weighted by molar-refractivity contribution is 5.87. The second-order valence-electron chi connectivity index (χ2n) is 4.36. The van der Waals surface area contributed by atoms with Gasteiger partial charge in [0.15, 0.2) is 5.65 Å². The van der Waals surface area contributed by atoms with Crippen LogP contribution in [-0.4, -0.2) is 33.0 Å². The zero-order chi connectivity index (χ0) is 11.8. The molecule has 17 heavy (non-hydrogen) atoms. The number of hydrogen-bond acceptors (Lipinski definition) is 5. The van der Waals surface area contributed by atoms with Crippen LogP contribution < -0.4 is 5.73 Å². The zero-order valence-corrected chi connectivity index (χ0v) is 9.76. The summed E-state index contributed by atoms with van der Waals surface area (Å²) in [6.45, 7) is 3.47. The lowest BCUT2D eigenvalue weighted by molar-refractivity contribution is 0.0562. The fourth-order valence-corrected chi connectivity index (χ4v) is 2.34. The van der Waals surface area contributed by atoms with Gasteiger partial charge < -0.3 is 10.5 Å². The smallest absolute Gasteiger partial charge is 0.163 e. The first-order chi connectivity index (χ1) is 8.27. The van der Waals surface area contributed by atoms with Crippen LogP contribution in [0.15, 0.2) is 6.33 Å². The molecular weight excluding hydrogens is 218 g/mol. The summed E-state index contributed by atoms with van der Waals surface area (Å²) in [6, 6.07) is 0.259. The topological polar surface area (TPSA) is 78.8 Å². The highest BCUT2D eigenvalue weighted by atomic mass is 16.5. The molecule has 0 radical (unpaired) electrons. The quantitative estimate of drug-likeness (QED) is 0.797. The van der Waals surface area contributed by atoms with Crippen LogP contribution in [0.2, 0.25) is 0 Å².